The van der Waals surface area contributed by atoms with Crippen LogP contribution in [0.25, 0.3) is 0 Å². The highest BCUT2D eigenvalue weighted by Gasteiger charge is 2.39. The van der Waals surface area contributed by atoms with E-state index in [1.165, 1.54) is 0 Å². The highest BCUT2D eigenvalue weighted by molar-refractivity contribution is 7.89. The summed E-state index contributed by atoms with van der Waals surface area (Å²) < 4.78 is 28.6. The van der Waals surface area contributed by atoms with Crippen LogP contribution in [0.3, 0.4) is 0 Å². The quantitative estimate of drug-likeness (QED) is 0.417. The average Bonchev–Trinajstić information content (AvgIpc) is 3.30. The molecule has 164 valence electrons. The molecule has 0 amide bonds. The number of fused-ring (bicyclic) bond motifs is 3. The maximum Gasteiger partial charge on any atom is 0.240 e. The van der Waals surface area contributed by atoms with Crippen molar-refractivity contribution in [2.45, 2.75) is 29.8 Å². The summed E-state index contributed by atoms with van der Waals surface area (Å²) in [6.45, 7) is 0.250. The average molecular weight is 485 g/mol. The van der Waals surface area contributed by atoms with E-state index in [1.807, 2.05) is 48.5 Å². The molecule has 3 aromatic carbocycles. The second kappa shape index (κ2) is 8.56. The lowest BCUT2D eigenvalue weighted by Crippen LogP contribution is -2.30. The molecule has 0 saturated carbocycles. The van der Waals surface area contributed by atoms with Crippen molar-refractivity contribution in [1.82, 2.24) is 4.72 Å². The van der Waals surface area contributed by atoms with Gasteiger partial charge in [-0.15, -0.1) is 0 Å². The van der Waals surface area contributed by atoms with Gasteiger partial charge in [0.05, 0.1) is 21.0 Å². The van der Waals surface area contributed by atoms with Crippen molar-refractivity contribution in [3.63, 3.8) is 0 Å². The fourth-order valence-corrected chi connectivity index (χ4v) is 6.14. The van der Waals surface area contributed by atoms with Gasteiger partial charge in [0.1, 0.15) is 0 Å². The number of hydrogen-bond acceptors (Lipinski definition) is 3. The Labute approximate surface area is 198 Å². The number of allylic oxidation sites excluding steroid dienone is 2. The third-order valence-electron chi connectivity index (χ3n) is 6.27. The highest BCUT2D eigenvalue weighted by atomic mass is 35.5. The minimum atomic E-state index is -3.64. The van der Waals surface area contributed by atoms with Crippen LogP contribution in [0.4, 0.5) is 5.69 Å². The van der Waals surface area contributed by atoms with Crippen LogP contribution in [0, 0.1) is 5.92 Å². The first-order valence-electron chi connectivity index (χ1n) is 10.5. The third-order valence-corrected chi connectivity index (χ3v) is 8.50. The van der Waals surface area contributed by atoms with Gasteiger partial charge in [-0.25, -0.2) is 13.1 Å². The predicted molar refractivity (Wildman–Crippen MR) is 130 cm³/mol. The monoisotopic (exact) mass is 484 g/mol. The second-order valence-electron chi connectivity index (χ2n) is 8.18. The number of benzene rings is 3. The Hall–Kier alpha value is -2.31. The Morgan fingerprint density at radius 2 is 1.78 bits per heavy atom. The van der Waals surface area contributed by atoms with Crippen LogP contribution in [0.2, 0.25) is 10.0 Å². The van der Waals surface area contributed by atoms with Crippen LogP contribution in [-0.2, 0) is 16.6 Å². The van der Waals surface area contributed by atoms with Gasteiger partial charge in [-0.05, 0) is 53.3 Å². The standard InChI is InChI=1S/C25H22Cl2N2O2S/c26-22-11-5-10-20(24(22)27)25-19-9-4-8-18(19)21-14-17(12-13-23(21)29-25)32(30,31)28-15-16-6-2-1-3-7-16/h1-8,10-14,18-19,25,28-29H,9,15H2. The Kier molecular flexibility index (Phi) is 5.76. The van der Waals surface area contributed by atoms with Crippen LogP contribution < -0.4 is 10.0 Å². The van der Waals surface area contributed by atoms with Crippen molar-refractivity contribution in [3.05, 3.63) is 106 Å². The number of anilines is 1. The maximum atomic E-state index is 13.0. The predicted octanol–water partition coefficient (Wildman–Crippen LogP) is 6.30. The van der Waals surface area contributed by atoms with Gasteiger partial charge in [0.2, 0.25) is 10.0 Å². The van der Waals surface area contributed by atoms with Crippen molar-refractivity contribution in [3.8, 4) is 0 Å². The lowest BCUT2D eigenvalue weighted by atomic mass is 9.77. The van der Waals surface area contributed by atoms with Gasteiger partial charge in [-0.3, -0.25) is 0 Å². The molecular formula is C25H22Cl2N2O2S. The fourth-order valence-electron chi connectivity index (χ4n) is 4.67. The zero-order valence-electron chi connectivity index (χ0n) is 17.1. The van der Waals surface area contributed by atoms with E-state index in [1.54, 1.807) is 18.2 Å². The summed E-state index contributed by atoms with van der Waals surface area (Å²) >= 11 is 12.8. The van der Waals surface area contributed by atoms with Crippen molar-refractivity contribution in [2.75, 3.05) is 5.32 Å². The molecule has 0 fully saturated rings. The summed E-state index contributed by atoms with van der Waals surface area (Å²) in [4.78, 5) is 0.271. The molecule has 0 spiro atoms. The molecular weight excluding hydrogens is 463 g/mol. The molecule has 3 aromatic rings. The van der Waals surface area contributed by atoms with Crippen LogP contribution in [0.5, 0.6) is 0 Å². The van der Waals surface area contributed by atoms with Crippen molar-refractivity contribution < 1.29 is 8.42 Å². The van der Waals surface area contributed by atoms with Crippen molar-refractivity contribution in [1.29, 1.82) is 0 Å². The summed E-state index contributed by atoms with van der Waals surface area (Å²) in [5.41, 5.74) is 3.78. The molecule has 7 heteroatoms. The fraction of sp³-hybridized carbons (Fsp3) is 0.200. The van der Waals surface area contributed by atoms with Gasteiger partial charge in [-0.2, -0.15) is 0 Å². The second-order valence-corrected chi connectivity index (χ2v) is 10.7. The van der Waals surface area contributed by atoms with Crippen LogP contribution >= 0.6 is 23.2 Å². The van der Waals surface area contributed by atoms with E-state index in [2.05, 4.69) is 22.2 Å². The Bertz CT molecular complexity index is 1290. The summed E-state index contributed by atoms with van der Waals surface area (Å²) in [6.07, 6.45) is 5.21. The highest BCUT2D eigenvalue weighted by Crippen LogP contribution is 2.51. The normalized spacial score (nSPS) is 21.6. The van der Waals surface area contributed by atoms with E-state index < -0.39 is 10.0 Å². The van der Waals surface area contributed by atoms with Gasteiger partial charge in [-0.1, -0.05) is 77.8 Å². The molecule has 3 unspecified atom stereocenters. The Balaban J connectivity index is 1.46. The van der Waals surface area contributed by atoms with E-state index in [9.17, 15) is 8.42 Å². The lowest BCUT2D eigenvalue weighted by molar-refractivity contribution is 0.425. The number of halogens is 2. The number of hydrogen-bond donors (Lipinski definition) is 2. The largest absolute Gasteiger partial charge is 0.378 e. The smallest absolute Gasteiger partial charge is 0.240 e. The van der Waals surface area contributed by atoms with E-state index in [0.29, 0.717) is 10.0 Å². The summed E-state index contributed by atoms with van der Waals surface area (Å²) in [5.74, 6) is 0.337. The zero-order chi connectivity index (χ0) is 22.3. The molecule has 5 rings (SSSR count). The molecule has 0 radical (unpaired) electrons. The molecule has 1 heterocycles. The van der Waals surface area contributed by atoms with E-state index in [4.69, 9.17) is 23.2 Å². The number of sulfonamides is 1. The molecule has 3 atom stereocenters. The van der Waals surface area contributed by atoms with Gasteiger partial charge >= 0.3 is 0 Å². The lowest BCUT2D eigenvalue weighted by Gasteiger charge is -2.38. The van der Waals surface area contributed by atoms with Crippen LogP contribution in [-0.4, -0.2) is 8.42 Å². The van der Waals surface area contributed by atoms with Gasteiger partial charge < -0.3 is 5.32 Å². The first-order chi connectivity index (χ1) is 15.4. The van der Waals surface area contributed by atoms with Crippen molar-refractivity contribution >= 4 is 38.9 Å². The first-order valence-corrected chi connectivity index (χ1v) is 12.7. The maximum absolute atomic E-state index is 13.0. The molecule has 1 aliphatic carbocycles. The Morgan fingerprint density at radius 3 is 2.59 bits per heavy atom. The van der Waals surface area contributed by atoms with Crippen molar-refractivity contribution in [2.24, 2.45) is 5.92 Å². The van der Waals surface area contributed by atoms with Gasteiger partial charge in [0.25, 0.3) is 0 Å². The summed E-state index contributed by atoms with van der Waals surface area (Å²) in [5, 5.41) is 4.68. The summed E-state index contributed by atoms with van der Waals surface area (Å²) in [6, 6.07) is 20.5. The minimum absolute atomic E-state index is 0.00707. The molecule has 4 nitrogen and oxygen atoms in total. The van der Waals surface area contributed by atoms with Crippen LogP contribution in [0.1, 0.15) is 35.1 Å². The third kappa shape index (κ3) is 3.95. The molecule has 2 N–H and O–H groups in total. The molecule has 0 saturated heterocycles. The topological polar surface area (TPSA) is 58.2 Å². The molecule has 0 bridgehead atoms. The molecule has 2 aliphatic rings. The van der Waals surface area contributed by atoms with E-state index in [0.717, 1.165) is 28.8 Å². The van der Waals surface area contributed by atoms with Crippen LogP contribution in [0.15, 0.2) is 83.8 Å². The molecule has 0 aromatic heterocycles. The molecule has 32 heavy (non-hydrogen) atoms. The minimum Gasteiger partial charge on any atom is -0.378 e. The summed E-state index contributed by atoms with van der Waals surface area (Å²) in [7, 11) is -3.64. The van der Waals surface area contributed by atoms with E-state index >= 15 is 0 Å². The SMILES string of the molecule is O=S(=O)(NCc1ccccc1)c1ccc2c(c1)C1C=CCC1C(c1cccc(Cl)c1Cl)N2. The number of rotatable bonds is 5. The van der Waals surface area contributed by atoms with Gasteiger partial charge in [0, 0.05) is 18.2 Å². The first kappa shape index (κ1) is 21.5. The van der Waals surface area contributed by atoms with E-state index in [-0.39, 0.29) is 29.3 Å². The Morgan fingerprint density at radius 1 is 0.969 bits per heavy atom. The zero-order valence-corrected chi connectivity index (χ0v) is 19.5. The van der Waals surface area contributed by atoms with Gasteiger partial charge in [0.15, 0.2) is 0 Å². The number of nitrogens with one attached hydrogen (secondary N) is 2. The molecule has 1 aliphatic heterocycles.